The molecule has 0 unspecified atom stereocenters. The first-order valence-electron chi connectivity index (χ1n) is 10.5. The number of pyridine rings is 1. The Morgan fingerprint density at radius 1 is 1.11 bits per heavy atom. The molecule has 0 bridgehead atoms. The van der Waals surface area contributed by atoms with E-state index in [-0.39, 0.29) is 30.9 Å². The summed E-state index contributed by atoms with van der Waals surface area (Å²) in [6.45, 7) is -0.300. The van der Waals surface area contributed by atoms with Crippen LogP contribution in [0.5, 0.6) is 17.2 Å². The molecule has 1 aliphatic heterocycles. The minimum atomic E-state index is -0.674. The number of aromatic nitrogens is 3. The van der Waals surface area contributed by atoms with Crippen molar-refractivity contribution in [3.63, 3.8) is 0 Å². The highest BCUT2D eigenvalue weighted by atomic mass is 35.5. The molecule has 10 nitrogen and oxygen atoms in total. The van der Waals surface area contributed by atoms with Crippen molar-refractivity contribution in [2.24, 2.45) is 0 Å². The van der Waals surface area contributed by atoms with Gasteiger partial charge in [0.05, 0.1) is 24.7 Å². The van der Waals surface area contributed by atoms with Crippen molar-refractivity contribution in [2.75, 3.05) is 19.2 Å². The lowest BCUT2D eigenvalue weighted by Crippen LogP contribution is -2.42. The largest absolute Gasteiger partial charge is 0.495 e. The topological polar surface area (TPSA) is 114 Å². The van der Waals surface area contributed by atoms with E-state index in [0.29, 0.717) is 33.5 Å². The van der Waals surface area contributed by atoms with Crippen molar-refractivity contribution in [1.82, 2.24) is 14.1 Å². The molecule has 1 amide bonds. The number of nitrogens with zero attached hydrogens (tertiary/aromatic N) is 3. The number of hydrogen-bond acceptors (Lipinski definition) is 7. The van der Waals surface area contributed by atoms with Gasteiger partial charge in [0.2, 0.25) is 12.7 Å². The molecule has 1 N–H and O–H groups in total. The fourth-order valence-corrected chi connectivity index (χ4v) is 4.03. The van der Waals surface area contributed by atoms with Gasteiger partial charge < -0.3 is 19.5 Å². The molecule has 3 heterocycles. The minimum Gasteiger partial charge on any atom is -0.495 e. The van der Waals surface area contributed by atoms with Gasteiger partial charge in [-0.3, -0.25) is 18.7 Å². The van der Waals surface area contributed by atoms with Crippen LogP contribution < -0.4 is 30.8 Å². The lowest BCUT2D eigenvalue weighted by atomic mass is 10.2. The van der Waals surface area contributed by atoms with E-state index >= 15 is 0 Å². The zero-order valence-electron chi connectivity index (χ0n) is 18.5. The van der Waals surface area contributed by atoms with Crippen LogP contribution >= 0.6 is 11.6 Å². The number of amides is 1. The van der Waals surface area contributed by atoms with Gasteiger partial charge in [-0.25, -0.2) is 9.78 Å². The summed E-state index contributed by atoms with van der Waals surface area (Å²) in [6, 6.07) is 13.1. The molecule has 0 saturated carbocycles. The van der Waals surface area contributed by atoms with Crippen molar-refractivity contribution in [1.29, 1.82) is 0 Å². The molecule has 178 valence electrons. The molecule has 0 saturated heterocycles. The summed E-state index contributed by atoms with van der Waals surface area (Å²) in [5, 5.41) is 3.32. The van der Waals surface area contributed by atoms with E-state index in [1.54, 1.807) is 42.5 Å². The van der Waals surface area contributed by atoms with Crippen LogP contribution in [0, 0.1) is 0 Å². The average molecular weight is 495 g/mol. The van der Waals surface area contributed by atoms with Gasteiger partial charge in [0.1, 0.15) is 17.9 Å². The zero-order chi connectivity index (χ0) is 24.5. The van der Waals surface area contributed by atoms with Crippen LogP contribution in [0.4, 0.5) is 5.69 Å². The molecule has 35 heavy (non-hydrogen) atoms. The highest BCUT2D eigenvalue weighted by Crippen LogP contribution is 2.32. The van der Waals surface area contributed by atoms with Crippen LogP contribution in [0.1, 0.15) is 5.56 Å². The maximum Gasteiger partial charge on any atom is 0.333 e. The smallest absolute Gasteiger partial charge is 0.333 e. The molecule has 2 aromatic carbocycles. The Morgan fingerprint density at radius 2 is 1.94 bits per heavy atom. The number of fused-ring (bicyclic) bond motifs is 2. The monoisotopic (exact) mass is 494 g/mol. The third-order valence-corrected chi connectivity index (χ3v) is 5.73. The molecule has 0 aliphatic carbocycles. The maximum atomic E-state index is 13.4. The minimum absolute atomic E-state index is 0.0249. The number of methoxy groups -OCH3 is 1. The second-order valence-electron chi connectivity index (χ2n) is 7.71. The van der Waals surface area contributed by atoms with Gasteiger partial charge in [0.15, 0.2) is 11.5 Å². The van der Waals surface area contributed by atoms with Gasteiger partial charge in [0.25, 0.3) is 5.56 Å². The number of halogens is 1. The number of rotatable bonds is 6. The van der Waals surface area contributed by atoms with E-state index in [0.717, 1.165) is 9.13 Å². The predicted octanol–water partition coefficient (Wildman–Crippen LogP) is 2.64. The van der Waals surface area contributed by atoms with Crippen LogP contribution in [0.2, 0.25) is 5.02 Å². The van der Waals surface area contributed by atoms with Crippen LogP contribution in [0.3, 0.4) is 0 Å². The molecule has 4 aromatic rings. The second kappa shape index (κ2) is 9.15. The fourth-order valence-electron chi connectivity index (χ4n) is 3.86. The quantitative estimate of drug-likeness (QED) is 0.438. The summed E-state index contributed by atoms with van der Waals surface area (Å²) in [5.41, 5.74) is -0.0611. The van der Waals surface area contributed by atoms with Crippen LogP contribution in [0.25, 0.3) is 11.0 Å². The number of hydrogen-bond donors (Lipinski definition) is 1. The third kappa shape index (κ3) is 4.31. The molecule has 1 aliphatic rings. The third-order valence-electron chi connectivity index (χ3n) is 5.49. The number of benzene rings is 2. The standard InChI is InChI=1S/C24H19ClN4O6/c1-33-18-7-5-15(25)10-17(18)27-21(30)12-28-22-16(3-2-8-26-22)23(31)29(24(28)32)11-14-4-6-19-20(9-14)35-13-34-19/h2-10H,11-13H2,1H3,(H,27,30). The number of carbonyl (C=O) groups excluding carboxylic acids is 1. The highest BCUT2D eigenvalue weighted by Gasteiger charge is 2.19. The van der Waals surface area contributed by atoms with Gasteiger partial charge >= 0.3 is 5.69 Å². The van der Waals surface area contributed by atoms with Crippen LogP contribution in [-0.4, -0.2) is 33.9 Å². The molecule has 0 spiro atoms. The number of nitrogens with one attached hydrogen (secondary N) is 1. The number of ether oxygens (including phenoxy) is 3. The summed E-state index contributed by atoms with van der Waals surface area (Å²) in [6.07, 6.45) is 1.46. The van der Waals surface area contributed by atoms with Crippen molar-refractivity contribution in [2.45, 2.75) is 13.1 Å². The van der Waals surface area contributed by atoms with Gasteiger partial charge in [-0.05, 0) is 48.0 Å². The van der Waals surface area contributed by atoms with E-state index in [1.165, 1.54) is 19.4 Å². The van der Waals surface area contributed by atoms with E-state index in [2.05, 4.69) is 10.3 Å². The van der Waals surface area contributed by atoms with Crippen molar-refractivity contribution in [3.05, 3.63) is 86.2 Å². The molecule has 0 atom stereocenters. The van der Waals surface area contributed by atoms with E-state index in [1.807, 2.05) is 0 Å². The molecule has 5 rings (SSSR count). The maximum absolute atomic E-state index is 13.4. The number of carbonyl (C=O) groups is 1. The summed E-state index contributed by atoms with van der Waals surface area (Å²) in [5.74, 6) is 1.02. The van der Waals surface area contributed by atoms with Crippen molar-refractivity contribution >= 4 is 34.2 Å². The lowest BCUT2D eigenvalue weighted by Gasteiger charge is -2.15. The second-order valence-corrected chi connectivity index (χ2v) is 8.15. The molecule has 2 aromatic heterocycles. The Hall–Kier alpha value is -4.31. The predicted molar refractivity (Wildman–Crippen MR) is 129 cm³/mol. The fraction of sp³-hybridized carbons (Fsp3) is 0.167. The summed E-state index contributed by atoms with van der Waals surface area (Å²) < 4.78 is 18.2. The normalized spacial score (nSPS) is 12.1. The van der Waals surface area contributed by atoms with Gasteiger partial charge in [-0.15, -0.1) is 0 Å². The first kappa shape index (κ1) is 22.5. The summed E-state index contributed by atoms with van der Waals surface area (Å²) >= 11 is 6.04. The summed E-state index contributed by atoms with van der Waals surface area (Å²) in [4.78, 5) is 43.7. The first-order valence-corrected chi connectivity index (χ1v) is 10.9. The van der Waals surface area contributed by atoms with Crippen molar-refractivity contribution < 1.29 is 19.0 Å². The Kier molecular flexibility index (Phi) is 5.87. The lowest BCUT2D eigenvalue weighted by molar-refractivity contribution is -0.116. The Morgan fingerprint density at radius 3 is 2.77 bits per heavy atom. The van der Waals surface area contributed by atoms with Crippen LogP contribution in [0.15, 0.2) is 64.3 Å². The molecular weight excluding hydrogens is 476 g/mol. The molecule has 0 fully saturated rings. The Balaban J connectivity index is 1.53. The van der Waals surface area contributed by atoms with Gasteiger partial charge in [0, 0.05) is 11.2 Å². The summed E-state index contributed by atoms with van der Waals surface area (Å²) in [7, 11) is 1.47. The molecule has 11 heteroatoms. The molecular formula is C24H19ClN4O6. The van der Waals surface area contributed by atoms with Gasteiger partial charge in [-0.1, -0.05) is 17.7 Å². The van der Waals surface area contributed by atoms with E-state index in [9.17, 15) is 14.4 Å². The van der Waals surface area contributed by atoms with Crippen molar-refractivity contribution in [3.8, 4) is 17.2 Å². The Bertz CT molecular complexity index is 1580. The molecule has 0 radical (unpaired) electrons. The average Bonchev–Trinajstić information content (AvgIpc) is 3.32. The zero-order valence-corrected chi connectivity index (χ0v) is 19.2. The Labute approximate surface area is 203 Å². The highest BCUT2D eigenvalue weighted by molar-refractivity contribution is 6.31. The first-order chi connectivity index (χ1) is 16.9. The SMILES string of the molecule is COc1ccc(Cl)cc1NC(=O)Cn1c(=O)n(Cc2ccc3c(c2)OCO3)c(=O)c2cccnc21. The van der Waals surface area contributed by atoms with E-state index in [4.69, 9.17) is 25.8 Å². The van der Waals surface area contributed by atoms with Crippen LogP contribution in [-0.2, 0) is 17.9 Å². The number of anilines is 1. The van der Waals surface area contributed by atoms with E-state index < -0.39 is 17.2 Å². The van der Waals surface area contributed by atoms with Gasteiger partial charge in [-0.2, -0.15) is 0 Å².